The first-order valence-electron chi connectivity index (χ1n) is 12.9. The van der Waals surface area contributed by atoms with Gasteiger partial charge in [0.25, 0.3) is 5.56 Å². The summed E-state index contributed by atoms with van der Waals surface area (Å²) >= 11 is 9.84. The minimum absolute atomic E-state index is 0.0299. The Kier molecular flexibility index (Phi) is 8.07. The van der Waals surface area contributed by atoms with Crippen LogP contribution in [0.25, 0.3) is 10.9 Å². The van der Waals surface area contributed by atoms with E-state index in [1.54, 1.807) is 19.1 Å². The van der Waals surface area contributed by atoms with E-state index in [0.717, 1.165) is 48.8 Å². The number of hydrogen-bond acceptors (Lipinski definition) is 6. The summed E-state index contributed by atoms with van der Waals surface area (Å²) in [6.45, 7) is 6.78. The molecular weight excluding hydrogens is 576 g/mol. The Morgan fingerprint density at radius 2 is 1.76 bits per heavy atom. The van der Waals surface area contributed by atoms with E-state index in [1.807, 2.05) is 12.1 Å². The van der Waals surface area contributed by atoms with Crippen LogP contribution in [0.5, 0.6) is 0 Å². The average molecular weight is 608 g/mol. The van der Waals surface area contributed by atoms with Crippen LogP contribution in [0.15, 0.2) is 50.8 Å². The lowest BCUT2D eigenvalue weighted by atomic mass is 10.1. The van der Waals surface area contributed by atoms with Gasteiger partial charge in [-0.2, -0.15) is 0 Å². The molecule has 3 aromatic rings. The Morgan fingerprint density at radius 3 is 2.46 bits per heavy atom. The molecule has 0 radical (unpaired) electrons. The lowest BCUT2D eigenvalue weighted by molar-refractivity contribution is 0.0936. The summed E-state index contributed by atoms with van der Waals surface area (Å²) in [4.78, 5) is 23.2. The van der Waals surface area contributed by atoms with E-state index >= 15 is 0 Å². The highest BCUT2D eigenvalue weighted by Gasteiger charge is 2.26. The van der Waals surface area contributed by atoms with Crippen LogP contribution in [-0.2, 0) is 22.9 Å². The number of fused-ring (bicyclic) bond motifs is 1. The molecule has 0 N–H and O–H groups in total. The van der Waals surface area contributed by atoms with E-state index in [2.05, 4.69) is 30.7 Å². The third kappa shape index (κ3) is 5.81. The molecule has 1 saturated heterocycles. The number of sulfone groups is 1. The lowest BCUT2D eigenvalue weighted by Crippen LogP contribution is -2.49. The van der Waals surface area contributed by atoms with E-state index in [9.17, 15) is 13.2 Å². The van der Waals surface area contributed by atoms with E-state index in [1.165, 1.54) is 42.6 Å². The highest BCUT2D eigenvalue weighted by molar-refractivity contribution is 9.10. The maximum Gasteiger partial charge on any atom is 0.261 e. The van der Waals surface area contributed by atoms with Gasteiger partial charge in [0.05, 0.1) is 34.4 Å². The molecule has 1 aliphatic carbocycles. The van der Waals surface area contributed by atoms with Crippen molar-refractivity contribution in [2.24, 2.45) is 0 Å². The van der Waals surface area contributed by atoms with Gasteiger partial charge in [-0.25, -0.2) is 13.4 Å². The quantitative estimate of drug-likeness (QED) is 0.387. The van der Waals surface area contributed by atoms with Crippen LogP contribution in [0.3, 0.4) is 0 Å². The molecule has 10 heteroatoms. The fourth-order valence-electron chi connectivity index (χ4n) is 5.57. The van der Waals surface area contributed by atoms with Gasteiger partial charge in [0.1, 0.15) is 0 Å². The van der Waals surface area contributed by atoms with E-state index in [0.29, 0.717) is 21.5 Å². The van der Waals surface area contributed by atoms with Crippen molar-refractivity contribution in [2.45, 2.75) is 56.6 Å². The second-order valence-corrected chi connectivity index (χ2v) is 13.6. The van der Waals surface area contributed by atoms with Crippen LogP contribution in [0.2, 0.25) is 5.02 Å². The smallest absolute Gasteiger partial charge is 0.261 e. The summed E-state index contributed by atoms with van der Waals surface area (Å²) in [7, 11) is -3.47. The number of benzene rings is 2. The first kappa shape index (κ1) is 26.8. The molecule has 2 aliphatic rings. The molecule has 5 rings (SSSR count). The highest BCUT2D eigenvalue weighted by atomic mass is 79.9. The number of aromatic nitrogens is 2. The average Bonchev–Trinajstić information content (AvgIpc) is 3.42. The monoisotopic (exact) mass is 606 g/mol. The summed E-state index contributed by atoms with van der Waals surface area (Å²) < 4.78 is 27.5. The second-order valence-electron chi connectivity index (χ2n) is 10.0. The minimum atomic E-state index is -3.47. The molecule has 7 nitrogen and oxygen atoms in total. The van der Waals surface area contributed by atoms with Crippen LogP contribution in [0, 0.1) is 0 Å². The van der Waals surface area contributed by atoms with E-state index < -0.39 is 9.84 Å². The fourth-order valence-corrected chi connectivity index (χ4v) is 7.34. The Bertz CT molecular complexity index is 1460. The van der Waals surface area contributed by atoms with Gasteiger partial charge >= 0.3 is 0 Å². The third-order valence-electron chi connectivity index (χ3n) is 7.71. The van der Waals surface area contributed by atoms with Crippen LogP contribution in [0.4, 0.5) is 0 Å². The molecular formula is C27H32BrClN4O3S. The van der Waals surface area contributed by atoms with Crippen molar-refractivity contribution in [2.75, 3.05) is 31.9 Å². The Balaban J connectivity index is 1.36. The normalized spacial score (nSPS) is 18.1. The van der Waals surface area contributed by atoms with Crippen molar-refractivity contribution < 1.29 is 8.42 Å². The van der Waals surface area contributed by atoms with Crippen molar-refractivity contribution in [3.05, 3.63) is 67.6 Å². The molecule has 2 heterocycles. The van der Waals surface area contributed by atoms with E-state index in [4.69, 9.17) is 11.6 Å². The molecule has 0 unspecified atom stereocenters. The Labute approximate surface area is 231 Å². The molecule has 198 valence electrons. The SMILES string of the molecule is CCS(=O)(=O)c1ccc(Cl)cc1Cn1cnc2cc(CN3CCN(C4CCCC4)CC3)c(Br)cc2c1=O. The van der Waals surface area contributed by atoms with Gasteiger partial charge in [-0.1, -0.05) is 47.3 Å². The Morgan fingerprint density at radius 1 is 1.03 bits per heavy atom. The first-order chi connectivity index (χ1) is 17.7. The van der Waals surface area contributed by atoms with Gasteiger partial charge in [-0.3, -0.25) is 19.2 Å². The van der Waals surface area contributed by atoms with Crippen molar-refractivity contribution >= 4 is 48.3 Å². The van der Waals surface area contributed by atoms with Crippen molar-refractivity contribution in [3.8, 4) is 0 Å². The van der Waals surface area contributed by atoms with Crippen LogP contribution in [0.1, 0.15) is 43.7 Å². The van der Waals surface area contributed by atoms with Gasteiger partial charge in [-0.15, -0.1) is 0 Å². The summed E-state index contributed by atoms with van der Waals surface area (Å²) in [6.07, 6.45) is 6.90. The number of halogens is 2. The molecule has 0 spiro atoms. The molecule has 0 bridgehead atoms. The standard InChI is InChI=1S/C27H32BrClN4O3S/c1-2-37(35,36)26-8-7-21(29)13-20(26)17-33-18-30-25-14-19(24(28)15-23(25)27(33)34)16-31-9-11-32(12-10-31)22-5-3-4-6-22/h7-8,13-15,18,22H,2-6,9-12,16-17H2,1H3. The van der Waals surface area contributed by atoms with Crippen LogP contribution >= 0.6 is 27.5 Å². The Hall–Kier alpha value is -1.78. The minimum Gasteiger partial charge on any atom is -0.298 e. The maximum atomic E-state index is 13.4. The molecule has 2 fully saturated rings. The number of nitrogens with zero attached hydrogens (tertiary/aromatic N) is 4. The van der Waals surface area contributed by atoms with Gasteiger partial charge in [-0.05, 0) is 54.3 Å². The molecule has 0 amide bonds. The van der Waals surface area contributed by atoms with Crippen molar-refractivity contribution in [1.29, 1.82) is 0 Å². The molecule has 2 aromatic carbocycles. The van der Waals surface area contributed by atoms with Gasteiger partial charge in [0.2, 0.25) is 0 Å². The zero-order valence-electron chi connectivity index (χ0n) is 21.0. The predicted octanol–water partition coefficient (Wildman–Crippen LogP) is 4.71. The summed E-state index contributed by atoms with van der Waals surface area (Å²) in [6, 6.07) is 9.26. The molecule has 37 heavy (non-hydrogen) atoms. The topological polar surface area (TPSA) is 75.5 Å². The lowest BCUT2D eigenvalue weighted by Gasteiger charge is -2.38. The number of piperazine rings is 1. The summed E-state index contributed by atoms with van der Waals surface area (Å²) in [5.74, 6) is -0.0299. The number of rotatable bonds is 7. The van der Waals surface area contributed by atoms with Gasteiger partial charge in [0, 0.05) is 48.3 Å². The first-order valence-corrected chi connectivity index (χ1v) is 15.7. The van der Waals surface area contributed by atoms with Gasteiger partial charge in [0.15, 0.2) is 9.84 Å². The fraction of sp³-hybridized carbons (Fsp3) is 0.481. The molecule has 1 aliphatic heterocycles. The summed E-state index contributed by atoms with van der Waals surface area (Å²) in [5.41, 5.74) is 2.00. The second kappa shape index (κ2) is 11.1. The maximum absolute atomic E-state index is 13.4. The highest BCUT2D eigenvalue weighted by Crippen LogP contribution is 2.27. The zero-order chi connectivity index (χ0) is 26.2. The van der Waals surface area contributed by atoms with Crippen molar-refractivity contribution in [1.82, 2.24) is 19.4 Å². The van der Waals surface area contributed by atoms with E-state index in [-0.39, 0.29) is 22.8 Å². The zero-order valence-corrected chi connectivity index (χ0v) is 24.2. The molecule has 0 atom stereocenters. The molecule has 1 aromatic heterocycles. The molecule has 1 saturated carbocycles. The third-order valence-corrected chi connectivity index (χ3v) is 10.5. The largest absolute Gasteiger partial charge is 0.298 e. The van der Waals surface area contributed by atoms with Crippen molar-refractivity contribution in [3.63, 3.8) is 0 Å². The predicted molar refractivity (Wildman–Crippen MR) is 151 cm³/mol. The van der Waals surface area contributed by atoms with Crippen LogP contribution in [-0.4, -0.2) is 65.7 Å². The summed E-state index contributed by atoms with van der Waals surface area (Å²) in [5, 5.41) is 0.911. The van der Waals surface area contributed by atoms with Gasteiger partial charge < -0.3 is 0 Å². The number of hydrogen-bond donors (Lipinski definition) is 0. The van der Waals surface area contributed by atoms with Crippen LogP contribution < -0.4 is 5.56 Å².